The monoisotopic (exact) mass is 262 g/mol. The number of rotatable bonds is 8. The van der Waals surface area contributed by atoms with Crippen molar-refractivity contribution in [2.45, 2.75) is 46.0 Å². The highest BCUT2D eigenvalue weighted by Crippen LogP contribution is 2.29. The highest BCUT2D eigenvalue weighted by Gasteiger charge is 2.40. The smallest absolute Gasteiger partial charge is 0.317 e. The zero-order valence-corrected chi connectivity index (χ0v) is 11.7. The molecule has 1 aromatic rings. The molecule has 0 bridgehead atoms. The van der Waals surface area contributed by atoms with Crippen molar-refractivity contribution >= 4 is 11.8 Å². The summed E-state index contributed by atoms with van der Waals surface area (Å²) < 4.78 is 0. The Morgan fingerprint density at radius 3 is 2.26 bits per heavy atom. The summed E-state index contributed by atoms with van der Waals surface area (Å²) in [5, 5.41) is 9.40. The van der Waals surface area contributed by atoms with Crippen molar-refractivity contribution in [2.24, 2.45) is 5.41 Å². The average Bonchev–Trinajstić information content (AvgIpc) is 2.43. The van der Waals surface area contributed by atoms with Crippen molar-refractivity contribution in [2.75, 3.05) is 0 Å². The zero-order valence-electron chi connectivity index (χ0n) is 11.7. The molecule has 1 N–H and O–H groups in total. The number of carbonyl (C=O) groups excluding carboxylic acids is 1. The summed E-state index contributed by atoms with van der Waals surface area (Å²) >= 11 is 0. The molecule has 1 atom stereocenters. The van der Waals surface area contributed by atoms with Crippen molar-refractivity contribution in [1.82, 2.24) is 0 Å². The predicted molar refractivity (Wildman–Crippen MR) is 75.3 cm³/mol. The second kappa shape index (κ2) is 7.07. The molecule has 0 saturated carbocycles. The number of hydrogen-bond acceptors (Lipinski definition) is 2. The Hall–Kier alpha value is -1.64. The molecule has 104 valence electrons. The van der Waals surface area contributed by atoms with Crippen molar-refractivity contribution in [1.29, 1.82) is 0 Å². The summed E-state index contributed by atoms with van der Waals surface area (Å²) in [7, 11) is 0. The fraction of sp³-hybridized carbons (Fsp3) is 0.500. The molecular formula is C16H22O3. The van der Waals surface area contributed by atoms with Gasteiger partial charge in [-0.25, -0.2) is 0 Å². The first kappa shape index (κ1) is 15.4. The maximum Gasteiger partial charge on any atom is 0.317 e. The van der Waals surface area contributed by atoms with Crippen LogP contribution in [-0.2, 0) is 4.79 Å². The van der Waals surface area contributed by atoms with Crippen LogP contribution in [0.3, 0.4) is 0 Å². The third-order valence-corrected chi connectivity index (χ3v) is 3.54. The molecule has 0 aromatic heterocycles. The molecule has 0 radical (unpaired) electrons. The number of Topliss-reactive ketones (excluding diaryl/α,β-unsaturated/α-hetero) is 1. The molecule has 3 nitrogen and oxygen atoms in total. The summed E-state index contributed by atoms with van der Waals surface area (Å²) in [6, 6.07) is 8.68. The number of aliphatic carboxylic acids is 1. The molecule has 0 saturated heterocycles. The number of benzene rings is 1. The summed E-state index contributed by atoms with van der Waals surface area (Å²) in [4.78, 5) is 23.9. The fourth-order valence-corrected chi connectivity index (χ4v) is 2.13. The maximum absolute atomic E-state index is 12.4. The molecule has 1 aromatic carbocycles. The normalized spacial score (nSPS) is 13.8. The van der Waals surface area contributed by atoms with Crippen LogP contribution in [0.1, 0.15) is 56.3 Å². The molecule has 19 heavy (non-hydrogen) atoms. The second-order valence-corrected chi connectivity index (χ2v) is 5.14. The number of carbonyl (C=O) groups is 2. The molecule has 0 aliphatic carbocycles. The van der Waals surface area contributed by atoms with Crippen LogP contribution in [0.4, 0.5) is 0 Å². The molecule has 0 aliphatic rings. The molecule has 0 amide bonds. The van der Waals surface area contributed by atoms with E-state index < -0.39 is 11.4 Å². The van der Waals surface area contributed by atoms with Gasteiger partial charge in [-0.05, 0) is 13.3 Å². The first-order chi connectivity index (χ1) is 9.02. The van der Waals surface area contributed by atoms with E-state index in [1.807, 2.05) is 6.07 Å². The van der Waals surface area contributed by atoms with E-state index in [-0.39, 0.29) is 5.78 Å². The van der Waals surface area contributed by atoms with Crippen LogP contribution >= 0.6 is 0 Å². The van der Waals surface area contributed by atoms with Crippen LogP contribution < -0.4 is 0 Å². The first-order valence-electron chi connectivity index (χ1n) is 6.85. The van der Waals surface area contributed by atoms with Crippen LogP contribution in [0.15, 0.2) is 30.3 Å². The second-order valence-electron chi connectivity index (χ2n) is 5.14. The molecule has 0 heterocycles. The van der Waals surface area contributed by atoms with Gasteiger partial charge in [-0.2, -0.15) is 0 Å². The van der Waals surface area contributed by atoms with Crippen LogP contribution in [-0.4, -0.2) is 16.9 Å². The number of unbranched alkanes of at least 4 members (excludes halogenated alkanes) is 3. The van der Waals surface area contributed by atoms with Gasteiger partial charge in [0.2, 0.25) is 0 Å². The molecular weight excluding hydrogens is 240 g/mol. The summed E-state index contributed by atoms with van der Waals surface area (Å²) in [5.41, 5.74) is -0.836. The Morgan fingerprint density at radius 2 is 1.74 bits per heavy atom. The van der Waals surface area contributed by atoms with Gasteiger partial charge in [0.1, 0.15) is 5.41 Å². The SMILES string of the molecule is CCCCCCC(C)(C(=O)O)C(=O)c1ccccc1. The highest BCUT2D eigenvalue weighted by atomic mass is 16.4. The lowest BCUT2D eigenvalue weighted by atomic mass is 9.78. The van der Waals surface area contributed by atoms with Gasteiger partial charge in [-0.1, -0.05) is 62.9 Å². The number of carboxylic acid groups (broad SMARTS) is 1. The number of carboxylic acids is 1. The van der Waals surface area contributed by atoms with Crippen molar-refractivity contribution < 1.29 is 14.7 Å². The Bertz CT molecular complexity index is 425. The van der Waals surface area contributed by atoms with Gasteiger partial charge in [0.15, 0.2) is 5.78 Å². The highest BCUT2D eigenvalue weighted by molar-refractivity contribution is 6.11. The Kier molecular flexibility index (Phi) is 5.74. The van der Waals surface area contributed by atoms with E-state index >= 15 is 0 Å². The fourth-order valence-electron chi connectivity index (χ4n) is 2.13. The van der Waals surface area contributed by atoms with E-state index in [1.54, 1.807) is 24.3 Å². The van der Waals surface area contributed by atoms with Crippen LogP contribution in [0, 0.1) is 5.41 Å². The van der Waals surface area contributed by atoms with E-state index in [0.717, 1.165) is 25.7 Å². The van der Waals surface area contributed by atoms with Crippen molar-refractivity contribution in [3.05, 3.63) is 35.9 Å². The standard InChI is InChI=1S/C16H22O3/c1-3-4-5-9-12-16(2,15(18)19)14(17)13-10-7-6-8-11-13/h6-8,10-11H,3-5,9,12H2,1-2H3,(H,18,19). The van der Waals surface area contributed by atoms with Gasteiger partial charge in [0, 0.05) is 5.56 Å². The summed E-state index contributed by atoms with van der Waals surface area (Å²) in [6.45, 7) is 3.64. The predicted octanol–water partition coefficient (Wildman–Crippen LogP) is 3.93. The number of ketones is 1. The summed E-state index contributed by atoms with van der Waals surface area (Å²) in [6.07, 6.45) is 4.32. The minimum atomic E-state index is -1.31. The summed E-state index contributed by atoms with van der Waals surface area (Å²) in [5.74, 6) is -1.32. The van der Waals surface area contributed by atoms with Gasteiger partial charge in [0.05, 0.1) is 0 Å². The minimum Gasteiger partial charge on any atom is -0.480 e. The average molecular weight is 262 g/mol. The third-order valence-electron chi connectivity index (χ3n) is 3.54. The quantitative estimate of drug-likeness (QED) is 0.438. The van der Waals surface area contributed by atoms with E-state index in [1.165, 1.54) is 6.92 Å². The molecule has 1 unspecified atom stereocenters. The van der Waals surface area contributed by atoms with Gasteiger partial charge in [0.25, 0.3) is 0 Å². The lowest BCUT2D eigenvalue weighted by Crippen LogP contribution is -2.36. The molecule has 1 rings (SSSR count). The largest absolute Gasteiger partial charge is 0.480 e. The molecule has 3 heteroatoms. The Balaban J connectivity index is 2.81. The number of hydrogen-bond donors (Lipinski definition) is 1. The molecule has 0 aliphatic heterocycles. The van der Waals surface area contributed by atoms with Crippen LogP contribution in [0.2, 0.25) is 0 Å². The minimum absolute atomic E-state index is 0.294. The lowest BCUT2D eigenvalue weighted by Gasteiger charge is -2.23. The van der Waals surface area contributed by atoms with Gasteiger partial charge in [-0.3, -0.25) is 9.59 Å². The molecule has 0 fully saturated rings. The van der Waals surface area contributed by atoms with E-state index in [0.29, 0.717) is 12.0 Å². The molecule has 0 spiro atoms. The van der Waals surface area contributed by atoms with Crippen LogP contribution in [0.25, 0.3) is 0 Å². The first-order valence-corrected chi connectivity index (χ1v) is 6.85. The lowest BCUT2D eigenvalue weighted by molar-refractivity contribution is -0.145. The third kappa shape index (κ3) is 3.91. The Labute approximate surface area is 114 Å². The Morgan fingerprint density at radius 1 is 1.11 bits per heavy atom. The van der Waals surface area contributed by atoms with Crippen LogP contribution in [0.5, 0.6) is 0 Å². The van der Waals surface area contributed by atoms with Gasteiger partial charge >= 0.3 is 5.97 Å². The zero-order chi connectivity index (χ0) is 14.3. The van der Waals surface area contributed by atoms with Crippen molar-refractivity contribution in [3.63, 3.8) is 0 Å². The van der Waals surface area contributed by atoms with E-state index in [2.05, 4.69) is 6.92 Å². The topological polar surface area (TPSA) is 54.4 Å². The van der Waals surface area contributed by atoms with Gasteiger partial charge < -0.3 is 5.11 Å². The maximum atomic E-state index is 12.4. The van der Waals surface area contributed by atoms with Crippen molar-refractivity contribution in [3.8, 4) is 0 Å². The van der Waals surface area contributed by atoms with Gasteiger partial charge in [-0.15, -0.1) is 0 Å². The van der Waals surface area contributed by atoms with E-state index in [4.69, 9.17) is 0 Å². The van der Waals surface area contributed by atoms with E-state index in [9.17, 15) is 14.7 Å².